The monoisotopic (exact) mass is 298 g/mol. The molecule has 0 bridgehead atoms. The van der Waals surface area contributed by atoms with Crippen LogP contribution in [0.3, 0.4) is 0 Å². The predicted octanol–water partition coefficient (Wildman–Crippen LogP) is 3.70. The topological polar surface area (TPSA) is 46.3 Å². The van der Waals surface area contributed by atoms with Crippen LogP contribution in [0, 0.1) is 13.8 Å². The van der Waals surface area contributed by atoms with Crippen LogP contribution >= 0.6 is 0 Å². The number of amides is 1. The first-order valence-electron chi connectivity index (χ1n) is 7.84. The summed E-state index contributed by atoms with van der Waals surface area (Å²) in [5, 5.41) is 0. The van der Waals surface area contributed by atoms with Crippen molar-refractivity contribution in [3.8, 4) is 0 Å². The summed E-state index contributed by atoms with van der Waals surface area (Å²) < 4.78 is 5.50. The summed E-state index contributed by atoms with van der Waals surface area (Å²) in [4.78, 5) is 18.8. The van der Waals surface area contributed by atoms with Gasteiger partial charge in [0.05, 0.1) is 5.69 Å². The zero-order chi connectivity index (χ0) is 15.7. The second kappa shape index (κ2) is 5.95. The molecule has 2 aromatic rings. The molecule has 3 rings (SSSR count). The van der Waals surface area contributed by atoms with Crippen molar-refractivity contribution >= 4 is 5.91 Å². The van der Waals surface area contributed by atoms with E-state index in [2.05, 4.69) is 29.2 Å². The Balaban J connectivity index is 1.83. The number of benzene rings is 1. The van der Waals surface area contributed by atoms with Crippen LogP contribution in [-0.4, -0.2) is 28.9 Å². The van der Waals surface area contributed by atoms with E-state index < -0.39 is 0 Å². The van der Waals surface area contributed by atoms with Gasteiger partial charge in [0.15, 0.2) is 5.89 Å². The van der Waals surface area contributed by atoms with E-state index in [0.29, 0.717) is 23.3 Å². The standard InChI is InChI=1S/C18H22N2O2/c1-12-17(22-13(2)19-12)18(21)20(3)16-11-7-10-15(16)14-8-5-4-6-9-14/h4-6,8-9,15-16H,7,10-11H2,1-3H3/t15-,16+/m1/s1. The fourth-order valence-electron chi connectivity index (χ4n) is 3.53. The van der Waals surface area contributed by atoms with Gasteiger partial charge in [-0.25, -0.2) is 4.98 Å². The smallest absolute Gasteiger partial charge is 0.291 e. The molecule has 1 amide bonds. The third kappa shape index (κ3) is 2.65. The molecular formula is C18H22N2O2. The van der Waals surface area contributed by atoms with Crippen LogP contribution in [-0.2, 0) is 0 Å². The summed E-state index contributed by atoms with van der Waals surface area (Å²) in [6.45, 7) is 3.59. The largest absolute Gasteiger partial charge is 0.436 e. The highest BCUT2D eigenvalue weighted by Crippen LogP contribution is 2.37. The van der Waals surface area contributed by atoms with E-state index in [9.17, 15) is 4.79 Å². The maximum atomic E-state index is 12.7. The number of oxazole rings is 1. The van der Waals surface area contributed by atoms with Crippen LogP contribution in [0.2, 0.25) is 0 Å². The second-order valence-electron chi connectivity index (χ2n) is 6.08. The molecule has 4 nitrogen and oxygen atoms in total. The Morgan fingerprint density at radius 1 is 1.23 bits per heavy atom. The first kappa shape index (κ1) is 14.8. The SMILES string of the molecule is Cc1nc(C)c(C(=O)N(C)[C@H]2CCC[C@@H]2c2ccccc2)o1. The van der Waals surface area contributed by atoms with E-state index in [1.54, 1.807) is 6.92 Å². The lowest BCUT2D eigenvalue weighted by Crippen LogP contribution is -2.38. The number of likely N-dealkylation sites (N-methyl/N-ethyl adjacent to an activating group) is 1. The molecule has 1 aliphatic carbocycles. The van der Waals surface area contributed by atoms with Gasteiger partial charge in [0.1, 0.15) is 0 Å². The molecule has 1 fully saturated rings. The van der Waals surface area contributed by atoms with Crippen LogP contribution in [0.25, 0.3) is 0 Å². The molecule has 1 aliphatic rings. The summed E-state index contributed by atoms with van der Waals surface area (Å²) >= 11 is 0. The van der Waals surface area contributed by atoms with Gasteiger partial charge in [0.2, 0.25) is 5.76 Å². The molecule has 2 atom stereocenters. The zero-order valence-corrected chi connectivity index (χ0v) is 13.4. The number of carbonyl (C=O) groups excluding carboxylic acids is 1. The van der Waals surface area contributed by atoms with Crippen molar-refractivity contribution in [2.75, 3.05) is 7.05 Å². The average Bonchev–Trinajstić information content (AvgIpc) is 3.13. The van der Waals surface area contributed by atoms with Crippen molar-refractivity contribution in [2.45, 2.75) is 45.1 Å². The van der Waals surface area contributed by atoms with E-state index in [0.717, 1.165) is 19.3 Å². The number of carbonyl (C=O) groups is 1. The summed E-state index contributed by atoms with van der Waals surface area (Å²) in [5.74, 6) is 1.25. The molecule has 4 heteroatoms. The van der Waals surface area contributed by atoms with Crippen LogP contribution in [0.5, 0.6) is 0 Å². The maximum Gasteiger partial charge on any atom is 0.291 e. The van der Waals surface area contributed by atoms with Gasteiger partial charge in [0.25, 0.3) is 5.91 Å². The molecule has 0 unspecified atom stereocenters. The molecule has 0 spiro atoms. The quantitative estimate of drug-likeness (QED) is 0.868. The predicted molar refractivity (Wildman–Crippen MR) is 84.9 cm³/mol. The lowest BCUT2D eigenvalue weighted by Gasteiger charge is -2.29. The number of nitrogens with zero attached hydrogens (tertiary/aromatic N) is 2. The minimum Gasteiger partial charge on any atom is -0.436 e. The lowest BCUT2D eigenvalue weighted by molar-refractivity contribution is 0.0687. The van der Waals surface area contributed by atoms with Crippen molar-refractivity contribution in [3.63, 3.8) is 0 Å². The maximum absolute atomic E-state index is 12.7. The molecule has 116 valence electrons. The Bertz CT molecular complexity index is 663. The molecule has 22 heavy (non-hydrogen) atoms. The lowest BCUT2D eigenvalue weighted by atomic mass is 9.93. The van der Waals surface area contributed by atoms with E-state index in [1.807, 2.05) is 24.9 Å². The van der Waals surface area contributed by atoms with Gasteiger partial charge in [-0.05, 0) is 25.3 Å². The molecule has 1 heterocycles. The fourth-order valence-corrected chi connectivity index (χ4v) is 3.53. The first-order valence-corrected chi connectivity index (χ1v) is 7.84. The Morgan fingerprint density at radius 3 is 2.59 bits per heavy atom. The number of rotatable bonds is 3. The molecule has 1 aromatic heterocycles. The van der Waals surface area contributed by atoms with E-state index in [-0.39, 0.29) is 11.9 Å². The van der Waals surface area contributed by atoms with Crippen LogP contribution in [0.4, 0.5) is 0 Å². The van der Waals surface area contributed by atoms with Crippen molar-refractivity contribution in [1.29, 1.82) is 0 Å². The van der Waals surface area contributed by atoms with Crippen LogP contribution in [0.1, 0.15) is 52.9 Å². The van der Waals surface area contributed by atoms with Crippen molar-refractivity contribution in [2.24, 2.45) is 0 Å². The molecular weight excluding hydrogens is 276 g/mol. The number of aryl methyl sites for hydroxylation is 2. The second-order valence-corrected chi connectivity index (χ2v) is 6.08. The van der Waals surface area contributed by atoms with Gasteiger partial charge in [0, 0.05) is 25.9 Å². The van der Waals surface area contributed by atoms with Gasteiger partial charge in [-0.2, -0.15) is 0 Å². The summed E-state index contributed by atoms with van der Waals surface area (Å²) in [5.41, 5.74) is 1.98. The molecule has 0 saturated heterocycles. The van der Waals surface area contributed by atoms with Crippen molar-refractivity contribution in [1.82, 2.24) is 9.88 Å². The normalized spacial score (nSPS) is 21.0. The fraction of sp³-hybridized carbons (Fsp3) is 0.444. The van der Waals surface area contributed by atoms with Gasteiger partial charge in [-0.1, -0.05) is 36.8 Å². The average molecular weight is 298 g/mol. The third-order valence-electron chi connectivity index (χ3n) is 4.62. The first-order chi connectivity index (χ1) is 10.6. The van der Waals surface area contributed by atoms with E-state index in [1.165, 1.54) is 5.56 Å². The van der Waals surface area contributed by atoms with Gasteiger partial charge >= 0.3 is 0 Å². The Labute approximate surface area is 131 Å². The number of hydrogen-bond donors (Lipinski definition) is 0. The van der Waals surface area contributed by atoms with Crippen molar-refractivity contribution in [3.05, 3.63) is 53.2 Å². The van der Waals surface area contributed by atoms with Gasteiger partial charge in [-0.3, -0.25) is 4.79 Å². The molecule has 0 aliphatic heterocycles. The molecule has 0 radical (unpaired) electrons. The van der Waals surface area contributed by atoms with E-state index in [4.69, 9.17) is 4.42 Å². The highest BCUT2D eigenvalue weighted by Gasteiger charge is 2.35. The zero-order valence-electron chi connectivity index (χ0n) is 13.4. The molecule has 1 saturated carbocycles. The highest BCUT2D eigenvalue weighted by molar-refractivity contribution is 5.92. The van der Waals surface area contributed by atoms with Crippen LogP contribution < -0.4 is 0 Å². The van der Waals surface area contributed by atoms with Gasteiger partial charge < -0.3 is 9.32 Å². The summed E-state index contributed by atoms with van der Waals surface area (Å²) in [6, 6.07) is 10.7. The Kier molecular flexibility index (Phi) is 4.01. The van der Waals surface area contributed by atoms with Crippen LogP contribution in [0.15, 0.2) is 34.7 Å². The summed E-state index contributed by atoms with van der Waals surface area (Å²) in [7, 11) is 1.88. The van der Waals surface area contributed by atoms with Crippen molar-refractivity contribution < 1.29 is 9.21 Å². The minimum atomic E-state index is -0.0640. The number of hydrogen-bond acceptors (Lipinski definition) is 3. The minimum absolute atomic E-state index is 0.0640. The Hall–Kier alpha value is -2.10. The van der Waals surface area contributed by atoms with E-state index >= 15 is 0 Å². The third-order valence-corrected chi connectivity index (χ3v) is 4.62. The highest BCUT2D eigenvalue weighted by atomic mass is 16.4. The molecule has 0 N–H and O–H groups in total. The molecule has 1 aromatic carbocycles. The Morgan fingerprint density at radius 2 is 1.95 bits per heavy atom. The summed E-state index contributed by atoms with van der Waals surface area (Å²) in [6.07, 6.45) is 3.31. The number of aromatic nitrogens is 1. The van der Waals surface area contributed by atoms with Gasteiger partial charge in [-0.15, -0.1) is 0 Å².